The Labute approximate surface area is 160 Å². The Morgan fingerprint density at radius 1 is 1.35 bits per heavy atom. The van der Waals surface area contributed by atoms with E-state index in [1.165, 1.54) is 0 Å². The molecule has 0 spiro atoms. The quantitative estimate of drug-likeness (QED) is 0.562. The number of amides is 2. The predicted molar refractivity (Wildman–Crippen MR) is 105 cm³/mol. The number of rotatable bonds is 7. The second-order valence-electron chi connectivity index (χ2n) is 6.76. The lowest BCUT2D eigenvalue weighted by molar-refractivity contribution is -0.115. The lowest BCUT2D eigenvalue weighted by Crippen LogP contribution is -2.35. The van der Waals surface area contributed by atoms with Crippen molar-refractivity contribution in [1.82, 2.24) is 5.32 Å². The van der Waals surface area contributed by atoms with Crippen molar-refractivity contribution in [1.29, 1.82) is 0 Å². The van der Waals surface area contributed by atoms with Crippen LogP contribution < -0.4 is 15.5 Å². The number of halogens is 1. The fraction of sp³-hybridized carbons (Fsp3) is 0.579. The van der Waals surface area contributed by atoms with Crippen molar-refractivity contribution in [3.63, 3.8) is 0 Å². The first-order valence-electron chi connectivity index (χ1n) is 9.03. The summed E-state index contributed by atoms with van der Waals surface area (Å²) >= 11 is 5.82. The van der Waals surface area contributed by atoms with Gasteiger partial charge in [-0.15, -0.1) is 11.6 Å². The number of carbonyl (C=O) groups excluding carboxylic acids is 2. The molecule has 2 amide bonds. The molecule has 1 saturated heterocycles. The van der Waals surface area contributed by atoms with Crippen LogP contribution in [0.4, 0.5) is 11.4 Å². The molecule has 1 aromatic carbocycles. The summed E-state index contributed by atoms with van der Waals surface area (Å²) in [4.78, 5) is 26.8. The highest BCUT2D eigenvalue weighted by Crippen LogP contribution is 2.28. The molecule has 1 aromatic rings. The number of ether oxygens (including phenoxy) is 1. The molecule has 7 heteroatoms. The lowest BCUT2D eigenvalue weighted by Gasteiger charge is -2.33. The van der Waals surface area contributed by atoms with E-state index in [1.807, 2.05) is 12.1 Å². The van der Waals surface area contributed by atoms with Gasteiger partial charge in [0.1, 0.15) is 5.38 Å². The molecule has 26 heavy (non-hydrogen) atoms. The lowest BCUT2D eigenvalue weighted by atomic mass is 9.97. The molecule has 0 saturated carbocycles. The van der Waals surface area contributed by atoms with Crippen molar-refractivity contribution in [3.8, 4) is 0 Å². The summed E-state index contributed by atoms with van der Waals surface area (Å²) < 4.78 is 4.99. The fourth-order valence-corrected chi connectivity index (χ4v) is 2.98. The highest BCUT2D eigenvalue weighted by atomic mass is 35.5. The maximum absolute atomic E-state index is 12.7. The normalized spacial score (nSPS) is 16.2. The zero-order chi connectivity index (χ0) is 19.1. The monoisotopic (exact) mass is 381 g/mol. The van der Waals surface area contributed by atoms with Gasteiger partial charge >= 0.3 is 0 Å². The Morgan fingerprint density at radius 2 is 2.04 bits per heavy atom. The van der Waals surface area contributed by atoms with Crippen molar-refractivity contribution in [2.24, 2.45) is 5.92 Å². The Morgan fingerprint density at radius 3 is 2.65 bits per heavy atom. The predicted octanol–water partition coefficient (Wildman–Crippen LogP) is 2.86. The first kappa shape index (κ1) is 20.5. The van der Waals surface area contributed by atoms with Gasteiger partial charge in [-0.1, -0.05) is 6.92 Å². The third-order valence-electron chi connectivity index (χ3n) is 4.59. The van der Waals surface area contributed by atoms with Gasteiger partial charge in [-0.25, -0.2) is 0 Å². The summed E-state index contributed by atoms with van der Waals surface area (Å²) in [5.74, 6) is 0.233. The maximum atomic E-state index is 12.7. The summed E-state index contributed by atoms with van der Waals surface area (Å²) in [7, 11) is 1.59. The minimum Gasteiger partial charge on any atom is -0.383 e. The molecule has 0 aliphatic carbocycles. The van der Waals surface area contributed by atoms with Gasteiger partial charge in [0.15, 0.2) is 0 Å². The molecule has 2 rings (SSSR count). The molecule has 1 aliphatic rings. The van der Waals surface area contributed by atoms with Crippen LogP contribution in [-0.4, -0.2) is 50.5 Å². The van der Waals surface area contributed by atoms with E-state index in [1.54, 1.807) is 20.1 Å². The molecule has 2 N–H and O–H groups in total. The molecule has 1 heterocycles. The average Bonchev–Trinajstić information content (AvgIpc) is 2.62. The van der Waals surface area contributed by atoms with E-state index in [0.29, 0.717) is 30.3 Å². The van der Waals surface area contributed by atoms with Crippen LogP contribution in [0.5, 0.6) is 0 Å². The van der Waals surface area contributed by atoms with Crippen molar-refractivity contribution >= 4 is 34.8 Å². The highest BCUT2D eigenvalue weighted by Gasteiger charge is 2.22. The standard InChI is InChI=1S/C19H28ClN3O3/c1-13-6-9-23(10-7-13)17-5-4-15(22-18(24)14(2)20)12-16(17)19(25)21-8-11-26-3/h4-5,12-14H,6-11H2,1-3H3,(H,21,25)(H,22,24)/t14-/m1/s1. The summed E-state index contributed by atoms with van der Waals surface area (Å²) in [5.41, 5.74) is 2.01. The third kappa shape index (κ3) is 5.61. The first-order valence-corrected chi connectivity index (χ1v) is 9.47. The Kier molecular flexibility index (Phi) is 7.72. The van der Waals surface area contributed by atoms with Crippen molar-refractivity contribution in [2.75, 3.05) is 43.6 Å². The summed E-state index contributed by atoms with van der Waals surface area (Å²) in [6, 6.07) is 5.43. The summed E-state index contributed by atoms with van der Waals surface area (Å²) in [6.07, 6.45) is 2.21. The van der Waals surface area contributed by atoms with Crippen LogP contribution in [0.15, 0.2) is 18.2 Å². The second-order valence-corrected chi connectivity index (χ2v) is 7.41. The van der Waals surface area contributed by atoms with Crippen molar-refractivity contribution < 1.29 is 14.3 Å². The molecule has 0 radical (unpaired) electrons. The average molecular weight is 382 g/mol. The van der Waals surface area contributed by atoms with E-state index in [-0.39, 0.29) is 11.8 Å². The molecular formula is C19H28ClN3O3. The topological polar surface area (TPSA) is 70.7 Å². The van der Waals surface area contributed by atoms with E-state index >= 15 is 0 Å². The molecule has 1 atom stereocenters. The van der Waals surface area contributed by atoms with Crippen molar-refractivity contribution in [3.05, 3.63) is 23.8 Å². The van der Waals surface area contributed by atoms with Crippen LogP contribution >= 0.6 is 11.6 Å². The van der Waals surface area contributed by atoms with Crippen molar-refractivity contribution in [2.45, 2.75) is 32.1 Å². The van der Waals surface area contributed by atoms with Gasteiger partial charge in [0.2, 0.25) is 5.91 Å². The number of anilines is 2. The van der Waals surface area contributed by atoms with Crippen LogP contribution in [-0.2, 0) is 9.53 Å². The number of carbonyl (C=O) groups is 2. The zero-order valence-electron chi connectivity index (χ0n) is 15.7. The molecule has 0 bridgehead atoms. The largest absolute Gasteiger partial charge is 0.383 e. The molecule has 1 aliphatic heterocycles. The van der Waals surface area contributed by atoms with Crippen LogP contribution in [0.1, 0.15) is 37.0 Å². The summed E-state index contributed by atoms with van der Waals surface area (Å²) in [5, 5.41) is 4.97. The number of piperidine rings is 1. The SMILES string of the molecule is COCCNC(=O)c1cc(NC(=O)[C@@H](C)Cl)ccc1N1CCC(C)CC1. The van der Waals surface area contributed by atoms with Crippen LogP contribution in [0.3, 0.4) is 0 Å². The number of alkyl halides is 1. The Bertz CT molecular complexity index is 628. The number of hydrogen-bond donors (Lipinski definition) is 2. The van der Waals surface area contributed by atoms with Crippen LogP contribution in [0.25, 0.3) is 0 Å². The minimum atomic E-state index is -0.641. The molecule has 1 fully saturated rings. The summed E-state index contributed by atoms with van der Waals surface area (Å²) in [6.45, 7) is 6.58. The molecule has 0 unspecified atom stereocenters. The molecule has 144 valence electrons. The van der Waals surface area contributed by atoms with Gasteiger partial charge in [0.05, 0.1) is 12.2 Å². The Hall–Kier alpha value is -1.79. The van der Waals surface area contributed by atoms with Gasteiger partial charge in [0, 0.05) is 38.1 Å². The number of hydrogen-bond acceptors (Lipinski definition) is 4. The second kappa shape index (κ2) is 9.78. The molecule has 6 nitrogen and oxygen atoms in total. The highest BCUT2D eigenvalue weighted by molar-refractivity contribution is 6.32. The minimum absolute atomic E-state index is 0.175. The van der Waals surface area contributed by atoms with Crippen LogP contribution in [0.2, 0.25) is 0 Å². The number of nitrogens with zero attached hydrogens (tertiary/aromatic N) is 1. The van der Waals surface area contributed by atoms with Crippen LogP contribution in [0, 0.1) is 5.92 Å². The van der Waals surface area contributed by atoms with Gasteiger partial charge in [-0.2, -0.15) is 0 Å². The Balaban J connectivity index is 2.24. The molecular weight excluding hydrogens is 354 g/mol. The van der Waals surface area contributed by atoms with E-state index in [0.717, 1.165) is 31.6 Å². The van der Waals surface area contributed by atoms with E-state index < -0.39 is 5.38 Å². The third-order valence-corrected chi connectivity index (χ3v) is 4.78. The van der Waals surface area contributed by atoms with E-state index in [9.17, 15) is 9.59 Å². The van der Waals surface area contributed by atoms with Gasteiger partial charge in [-0.3, -0.25) is 9.59 Å². The molecule has 0 aromatic heterocycles. The maximum Gasteiger partial charge on any atom is 0.253 e. The number of methoxy groups -OCH3 is 1. The fourth-order valence-electron chi connectivity index (χ4n) is 2.92. The van der Waals surface area contributed by atoms with Gasteiger partial charge < -0.3 is 20.3 Å². The van der Waals surface area contributed by atoms with Gasteiger partial charge in [-0.05, 0) is 43.9 Å². The van der Waals surface area contributed by atoms with E-state index in [2.05, 4.69) is 22.5 Å². The zero-order valence-corrected chi connectivity index (χ0v) is 16.4. The first-order chi connectivity index (χ1) is 12.4. The number of nitrogens with one attached hydrogen (secondary N) is 2. The van der Waals surface area contributed by atoms with E-state index in [4.69, 9.17) is 16.3 Å². The smallest absolute Gasteiger partial charge is 0.253 e. The number of benzene rings is 1. The van der Waals surface area contributed by atoms with Gasteiger partial charge in [0.25, 0.3) is 5.91 Å².